The number of rotatable bonds is 7. The third kappa shape index (κ3) is 5.86. The Labute approximate surface area is 226 Å². The number of carbonyl (C=O) groups excluding carboxylic acids is 2. The second kappa shape index (κ2) is 11.5. The fraction of sp³-hybridized carbons (Fsp3) is 0.233. The summed E-state index contributed by atoms with van der Waals surface area (Å²) in [6.07, 6.45) is 1.67. The quantitative estimate of drug-likeness (QED) is 0.333. The molecule has 2 aromatic carbocycles. The Morgan fingerprint density at radius 3 is 2.32 bits per heavy atom. The van der Waals surface area contributed by atoms with E-state index in [1.807, 2.05) is 91.5 Å². The molecule has 38 heavy (non-hydrogen) atoms. The minimum absolute atomic E-state index is 0.0639. The minimum Gasteiger partial charge on any atom is -0.494 e. The average molecular weight is 527 g/mol. The highest BCUT2D eigenvalue weighted by atomic mass is 32.1. The van der Waals surface area contributed by atoms with Gasteiger partial charge in [0, 0.05) is 36.6 Å². The lowest BCUT2D eigenvalue weighted by Gasteiger charge is -2.35. The maximum atomic E-state index is 13.2. The number of aryl methyl sites for hydroxylation is 1. The van der Waals surface area contributed by atoms with Crippen LogP contribution in [-0.4, -0.2) is 54.5 Å². The van der Waals surface area contributed by atoms with Gasteiger partial charge in [-0.05, 0) is 80.1 Å². The molecule has 8 heteroatoms. The van der Waals surface area contributed by atoms with Gasteiger partial charge in [0.25, 0.3) is 11.8 Å². The van der Waals surface area contributed by atoms with E-state index in [-0.39, 0.29) is 11.8 Å². The van der Waals surface area contributed by atoms with Crippen molar-refractivity contribution in [3.63, 3.8) is 0 Å². The van der Waals surface area contributed by atoms with Gasteiger partial charge >= 0.3 is 0 Å². The molecule has 2 aromatic heterocycles. The molecule has 5 rings (SSSR count). The van der Waals surface area contributed by atoms with Crippen molar-refractivity contribution in [1.82, 2.24) is 9.88 Å². The molecule has 1 saturated heterocycles. The number of nitrogens with one attached hydrogen (secondary N) is 1. The summed E-state index contributed by atoms with van der Waals surface area (Å²) in [5.41, 5.74) is 3.44. The number of piperazine rings is 1. The zero-order valence-electron chi connectivity index (χ0n) is 21.5. The van der Waals surface area contributed by atoms with E-state index in [1.165, 1.54) is 11.3 Å². The first-order valence-corrected chi connectivity index (χ1v) is 13.5. The highest BCUT2D eigenvalue weighted by Gasteiger charge is 2.24. The molecule has 2 amide bonds. The Morgan fingerprint density at radius 1 is 0.921 bits per heavy atom. The van der Waals surface area contributed by atoms with Crippen LogP contribution in [-0.2, 0) is 0 Å². The van der Waals surface area contributed by atoms with Crippen molar-refractivity contribution in [3.8, 4) is 16.2 Å². The Kier molecular flexibility index (Phi) is 7.70. The van der Waals surface area contributed by atoms with Crippen molar-refractivity contribution in [2.45, 2.75) is 13.8 Å². The first kappa shape index (κ1) is 25.5. The molecule has 0 bridgehead atoms. The van der Waals surface area contributed by atoms with Crippen molar-refractivity contribution in [2.75, 3.05) is 43.0 Å². The summed E-state index contributed by atoms with van der Waals surface area (Å²) < 4.78 is 5.52. The van der Waals surface area contributed by atoms with Crippen LogP contribution in [0.25, 0.3) is 10.4 Å². The highest BCUT2D eigenvalue weighted by Crippen LogP contribution is 2.30. The van der Waals surface area contributed by atoms with Crippen LogP contribution in [0.4, 0.5) is 11.5 Å². The van der Waals surface area contributed by atoms with Gasteiger partial charge in [0.15, 0.2) is 0 Å². The number of nitrogens with zero attached hydrogens (tertiary/aromatic N) is 3. The van der Waals surface area contributed by atoms with E-state index in [4.69, 9.17) is 4.74 Å². The molecule has 0 atom stereocenters. The first-order valence-electron chi connectivity index (χ1n) is 12.7. The second-order valence-electron chi connectivity index (χ2n) is 9.13. The number of aromatic nitrogens is 1. The number of hydrogen-bond donors (Lipinski definition) is 1. The summed E-state index contributed by atoms with van der Waals surface area (Å²) >= 11 is 1.52. The van der Waals surface area contributed by atoms with Crippen LogP contribution in [0, 0.1) is 6.92 Å². The molecule has 0 aliphatic carbocycles. The molecule has 4 aromatic rings. The monoisotopic (exact) mass is 526 g/mol. The lowest BCUT2D eigenvalue weighted by atomic mass is 10.1. The first-order chi connectivity index (χ1) is 18.5. The Bertz CT molecular complexity index is 1390. The largest absolute Gasteiger partial charge is 0.494 e. The van der Waals surface area contributed by atoms with Crippen LogP contribution < -0.4 is 15.0 Å². The number of pyridine rings is 1. The number of hydrogen-bond acceptors (Lipinski definition) is 6. The normalized spacial score (nSPS) is 13.3. The SMILES string of the molecule is CCOc1ccc(-c2ccc(C(=O)N3CCN(c4ccc(NC(=O)c5ccc(C)cc5)cn4)CC3)s2)cc1. The molecule has 1 N–H and O–H groups in total. The standard InChI is InChI=1S/C30H30N4O3S/c1-3-37-25-11-8-22(9-12-25)26-13-14-27(38-26)30(36)34-18-16-33(17-19-34)28-15-10-24(20-31-28)32-29(35)23-6-4-21(2)5-7-23/h4-15,20H,3,16-19H2,1-2H3,(H,32,35). The maximum absolute atomic E-state index is 13.2. The van der Waals surface area contributed by atoms with Crippen molar-refractivity contribution in [1.29, 1.82) is 0 Å². The van der Waals surface area contributed by atoms with Crippen molar-refractivity contribution < 1.29 is 14.3 Å². The molecule has 3 heterocycles. The average Bonchev–Trinajstić information content (AvgIpc) is 3.45. The van der Waals surface area contributed by atoms with Gasteiger partial charge in [0.1, 0.15) is 11.6 Å². The van der Waals surface area contributed by atoms with Crippen LogP contribution in [0.2, 0.25) is 0 Å². The summed E-state index contributed by atoms with van der Waals surface area (Å²) in [7, 11) is 0. The number of carbonyl (C=O) groups is 2. The third-order valence-electron chi connectivity index (χ3n) is 6.48. The molecular weight excluding hydrogens is 496 g/mol. The van der Waals surface area contributed by atoms with Crippen LogP contribution in [0.15, 0.2) is 79.0 Å². The van der Waals surface area contributed by atoms with Crippen molar-refractivity contribution in [3.05, 3.63) is 95.0 Å². The zero-order valence-corrected chi connectivity index (χ0v) is 22.3. The van der Waals surface area contributed by atoms with Crippen LogP contribution >= 0.6 is 11.3 Å². The van der Waals surface area contributed by atoms with E-state index in [1.54, 1.807) is 6.20 Å². The lowest BCUT2D eigenvalue weighted by molar-refractivity contribution is 0.0751. The number of anilines is 2. The van der Waals surface area contributed by atoms with Gasteiger partial charge in [-0.1, -0.05) is 17.7 Å². The third-order valence-corrected chi connectivity index (χ3v) is 7.60. The second-order valence-corrected chi connectivity index (χ2v) is 10.2. The van der Waals surface area contributed by atoms with E-state index >= 15 is 0 Å². The van der Waals surface area contributed by atoms with E-state index in [9.17, 15) is 9.59 Å². The van der Waals surface area contributed by atoms with Gasteiger partial charge in [0.05, 0.1) is 23.4 Å². The van der Waals surface area contributed by atoms with Gasteiger partial charge in [-0.2, -0.15) is 0 Å². The summed E-state index contributed by atoms with van der Waals surface area (Å²) in [5.74, 6) is 1.58. The summed E-state index contributed by atoms with van der Waals surface area (Å²) in [6, 6.07) is 23.1. The van der Waals surface area contributed by atoms with Crippen molar-refractivity contribution in [2.24, 2.45) is 0 Å². The molecule has 1 fully saturated rings. The molecule has 1 aliphatic rings. The lowest BCUT2D eigenvalue weighted by Crippen LogP contribution is -2.48. The van der Waals surface area contributed by atoms with Crippen molar-refractivity contribution >= 4 is 34.7 Å². The number of amides is 2. The molecule has 0 unspecified atom stereocenters. The topological polar surface area (TPSA) is 74.8 Å². The molecular formula is C30H30N4O3S. The van der Waals surface area contributed by atoms with E-state index < -0.39 is 0 Å². The zero-order chi connectivity index (χ0) is 26.5. The maximum Gasteiger partial charge on any atom is 0.264 e. The van der Waals surface area contributed by atoms with Gasteiger partial charge < -0.3 is 19.9 Å². The smallest absolute Gasteiger partial charge is 0.264 e. The predicted octanol–water partition coefficient (Wildman–Crippen LogP) is 5.73. The van der Waals surface area contributed by atoms with Gasteiger partial charge in [-0.15, -0.1) is 11.3 Å². The molecule has 194 valence electrons. The molecule has 0 spiro atoms. The van der Waals surface area contributed by atoms with Gasteiger partial charge in [-0.3, -0.25) is 9.59 Å². The molecule has 0 saturated carbocycles. The van der Waals surface area contributed by atoms with Crippen LogP contribution in [0.5, 0.6) is 5.75 Å². The summed E-state index contributed by atoms with van der Waals surface area (Å²) in [4.78, 5) is 36.0. The van der Waals surface area contributed by atoms with E-state index in [2.05, 4.69) is 15.2 Å². The number of ether oxygens (including phenoxy) is 1. The highest BCUT2D eigenvalue weighted by molar-refractivity contribution is 7.17. The summed E-state index contributed by atoms with van der Waals surface area (Å²) in [5, 5.41) is 2.89. The predicted molar refractivity (Wildman–Crippen MR) is 152 cm³/mol. The van der Waals surface area contributed by atoms with Gasteiger partial charge in [-0.25, -0.2) is 4.98 Å². The Morgan fingerprint density at radius 2 is 1.66 bits per heavy atom. The number of benzene rings is 2. The molecule has 7 nitrogen and oxygen atoms in total. The fourth-order valence-corrected chi connectivity index (χ4v) is 5.32. The summed E-state index contributed by atoms with van der Waals surface area (Å²) in [6.45, 7) is 7.25. The number of thiophene rings is 1. The molecule has 0 radical (unpaired) electrons. The van der Waals surface area contributed by atoms with E-state index in [0.717, 1.165) is 32.4 Å². The van der Waals surface area contributed by atoms with Crippen LogP contribution in [0.1, 0.15) is 32.5 Å². The van der Waals surface area contributed by atoms with Gasteiger partial charge in [0.2, 0.25) is 0 Å². The van der Waals surface area contributed by atoms with E-state index in [0.29, 0.717) is 44.0 Å². The Hall–Kier alpha value is -4.17. The molecule has 1 aliphatic heterocycles. The minimum atomic E-state index is -0.161. The van der Waals surface area contributed by atoms with Crippen LogP contribution in [0.3, 0.4) is 0 Å². The fourth-order valence-electron chi connectivity index (χ4n) is 4.34. The Balaban J connectivity index is 1.15.